The number of benzene rings is 2. The van der Waals surface area contributed by atoms with E-state index in [4.69, 9.17) is 4.42 Å². The van der Waals surface area contributed by atoms with E-state index in [9.17, 15) is 0 Å². The van der Waals surface area contributed by atoms with Crippen LogP contribution in [-0.4, -0.2) is 0 Å². The van der Waals surface area contributed by atoms with Gasteiger partial charge >= 0.3 is 0 Å². The molecule has 0 bridgehead atoms. The molecule has 1 aliphatic heterocycles. The molecule has 0 saturated heterocycles. The minimum atomic E-state index is 0.721. The molecular weight excluding hydrogens is 310 g/mol. The van der Waals surface area contributed by atoms with Crippen molar-refractivity contribution in [3.63, 3.8) is 0 Å². The molecule has 4 rings (SSSR count). The summed E-state index contributed by atoms with van der Waals surface area (Å²) < 4.78 is 6.05. The second kappa shape index (κ2) is 5.59. The highest BCUT2D eigenvalue weighted by molar-refractivity contribution is 5.89. The summed E-state index contributed by atoms with van der Waals surface area (Å²) in [5, 5.41) is 8.91. The Balaban J connectivity index is 2.06. The van der Waals surface area contributed by atoms with E-state index in [0.29, 0.717) is 0 Å². The van der Waals surface area contributed by atoms with E-state index in [1.165, 1.54) is 16.7 Å². The molecule has 0 unspecified atom stereocenters. The minimum Gasteiger partial charge on any atom is -0.443 e. The third kappa shape index (κ3) is 2.54. The average molecular weight is 331 g/mol. The van der Waals surface area contributed by atoms with Crippen molar-refractivity contribution in [2.45, 2.75) is 34.6 Å². The molecular formula is C21H21N3O. The molecule has 2 aromatic carbocycles. The van der Waals surface area contributed by atoms with Crippen molar-refractivity contribution in [1.82, 2.24) is 0 Å². The fraction of sp³-hybridized carbons (Fsp3) is 0.238. The first-order valence-electron chi connectivity index (χ1n) is 8.45. The Morgan fingerprint density at radius 3 is 2.16 bits per heavy atom. The van der Waals surface area contributed by atoms with Gasteiger partial charge in [-0.3, -0.25) is 4.90 Å². The molecule has 3 aromatic rings. The zero-order valence-electron chi connectivity index (χ0n) is 15.2. The number of aryl methyl sites for hydroxylation is 5. The smallest absolute Gasteiger partial charge is 0.232 e. The third-order valence-electron chi connectivity index (χ3n) is 4.52. The van der Waals surface area contributed by atoms with Crippen molar-refractivity contribution in [3.05, 3.63) is 64.4 Å². The van der Waals surface area contributed by atoms with E-state index >= 15 is 0 Å². The normalized spacial score (nSPS) is 12.8. The van der Waals surface area contributed by atoms with Gasteiger partial charge in [0.05, 0.1) is 11.4 Å². The lowest BCUT2D eigenvalue weighted by Crippen LogP contribution is -2.12. The lowest BCUT2D eigenvalue weighted by molar-refractivity contribution is 0.542. The molecule has 0 N–H and O–H groups in total. The number of hydrogen-bond donors (Lipinski definition) is 0. The highest BCUT2D eigenvalue weighted by Crippen LogP contribution is 2.50. The molecule has 0 fully saturated rings. The van der Waals surface area contributed by atoms with Gasteiger partial charge in [-0.2, -0.15) is 0 Å². The lowest BCUT2D eigenvalue weighted by Gasteiger charge is -2.26. The molecule has 2 heterocycles. The summed E-state index contributed by atoms with van der Waals surface area (Å²) in [5.41, 5.74) is 8.52. The maximum atomic E-state index is 6.05. The maximum absolute atomic E-state index is 6.05. The van der Waals surface area contributed by atoms with Gasteiger partial charge < -0.3 is 4.42 Å². The highest BCUT2D eigenvalue weighted by atomic mass is 16.4. The summed E-state index contributed by atoms with van der Waals surface area (Å²) in [5.74, 6) is 1.55. The van der Waals surface area contributed by atoms with E-state index in [-0.39, 0.29) is 0 Å². The molecule has 0 radical (unpaired) electrons. The summed E-state index contributed by atoms with van der Waals surface area (Å²) in [6.07, 6.45) is 0. The summed E-state index contributed by atoms with van der Waals surface area (Å²) >= 11 is 0. The number of hydrogen-bond acceptors (Lipinski definition) is 4. The maximum Gasteiger partial charge on any atom is 0.232 e. The monoisotopic (exact) mass is 331 g/mol. The van der Waals surface area contributed by atoms with Gasteiger partial charge in [0.2, 0.25) is 5.88 Å². The van der Waals surface area contributed by atoms with E-state index in [2.05, 4.69) is 73.2 Å². The first kappa shape index (κ1) is 15.6. The van der Waals surface area contributed by atoms with Gasteiger partial charge in [0, 0.05) is 6.07 Å². The molecule has 126 valence electrons. The number of nitrogens with zero attached hydrogens (tertiary/aromatic N) is 3. The average Bonchev–Trinajstić information content (AvgIpc) is 2.83. The third-order valence-corrected chi connectivity index (χ3v) is 4.52. The molecule has 0 amide bonds. The van der Waals surface area contributed by atoms with Gasteiger partial charge in [0.15, 0.2) is 0 Å². The second-order valence-electron chi connectivity index (χ2n) is 6.82. The molecule has 1 aliphatic rings. The van der Waals surface area contributed by atoms with E-state index < -0.39 is 0 Å². The second-order valence-corrected chi connectivity index (χ2v) is 6.82. The molecule has 0 spiro atoms. The predicted octanol–water partition coefficient (Wildman–Crippen LogP) is 7.02. The van der Waals surface area contributed by atoms with Crippen LogP contribution in [0.5, 0.6) is 0 Å². The van der Waals surface area contributed by atoms with E-state index in [1.807, 2.05) is 13.0 Å². The van der Waals surface area contributed by atoms with Crippen LogP contribution in [0.3, 0.4) is 0 Å². The van der Waals surface area contributed by atoms with Gasteiger partial charge in [0.1, 0.15) is 17.1 Å². The standard InChI is InChI=1S/C21H21N3O/c1-12-6-7-19-17(10-12)22-23-18-11-16(5)25-21(18)24(19)20-14(3)8-13(2)9-15(20)4/h6-11H,1-5H3. The van der Waals surface area contributed by atoms with Crippen molar-refractivity contribution in [1.29, 1.82) is 0 Å². The quantitative estimate of drug-likeness (QED) is 0.376. The van der Waals surface area contributed by atoms with Crippen molar-refractivity contribution in [2.24, 2.45) is 10.2 Å². The number of anilines is 3. The van der Waals surface area contributed by atoms with Crippen molar-refractivity contribution in [2.75, 3.05) is 4.90 Å². The van der Waals surface area contributed by atoms with Crippen LogP contribution >= 0.6 is 0 Å². The van der Waals surface area contributed by atoms with Crippen molar-refractivity contribution in [3.8, 4) is 0 Å². The summed E-state index contributed by atoms with van der Waals surface area (Å²) in [7, 11) is 0. The number of fused-ring (bicyclic) bond motifs is 2. The van der Waals surface area contributed by atoms with Crippen LogP contribution in [0.1, 0.15) is 28.0 Å². The summed E-state index contributed by atoms with van der Waals surface area (Å²) in [4.78, 5) is 2.15. The molecule has 4 heteroatoms. The molecule has 0 aliphatic carbocycles. The van der Waals surface area contributed by atoms with Gasteiger partial charge in [-0.25, -0.2) is 0 Å². The predicted molar refractivity (Wildman–Crippen MR) is 101 cm³/mol. The van der Waals surface area contributed by atoms with Crippen LogP contribution in [-0.2, 0) is 0 Å². The summed E-state index contributed by atoms with van der Waals surface area (Å²) in [6, 6.07) is 12.6. The van der Waals surface area contributed by atoms with Crippen LogP contribution in [0.2, 0.25) is 0 Å². The van der Waals surface area contributed by atoms with Crippen LogP contribution < -0.4 is 4.90 Å². The fourth-order valence-corrected chi connectivity index (χ4v) is 3.59. The Bertz CT molecular complexity index is 991. The van der Waals surface area contributed by atoms with Gasteiger partial charge in [-0.1, -0.05) is 23.8 Å². The Morgan fingerprint density at radius 2 is 1.44 bits per heavy atom. The minimum absolute atomic E-state index is 0.721. The zero-order valence-corrected chi connectivity index (χ0v) is 15.2. The van der Waals surface area contributed by atoms with Crippen LogP contribution in [0.4, 0.5) is 28.6 Å². The van der Waals surface area contributed by atoms with E-state index in [1.54, 1.807) is 0 Å². The van der Waals surface area contributed by atoms with Gasteiger partial charge in [-0.15, -0.1) is 10.2 Å². The van der Waals surface area contributed by atoms with Gasteiger partial charge in [0.25, 0.3) is 0 Å². The number of azo groups is 1. The van der Waals surface area contributed by atoms with Crippen LogP contribution in [0.15, 0.2) is 51.0 Å². The fourth-order valence-electron chi connectivity index (χ4n) is 3.59. The molecule has 4 nitrogen and oxygen atoms in total. The Hall–Kier alpha value is -2.88. The Morgan fingerprint density at radius 1 is 0.760 bits per heavy atom. The Kier molecular flexibility index (Phi) is 3.49. The largest absolute Gasteiger partial charge is 0.443 e. The number of rotatable bonds is 1. The van der Waals surface area contributed by atoms with Gasteiger partial charge in [-0.05, 0) is 63.4 Å². The Labute approximate surface area is 147 Å². The molecule has 1 aromatic heterocycles. The summed E-state index contributed by atoms with van der Waals surface area (Å²) in [6.45, 7) is 10.4. The number of furan rings is 1. The zero-order chi connectivity index (χ0) is 17.7. The molecule has 25 heavy (non-hydrogen) atoms. The van der Waals surface area contributed by atoms with Crippen molar-refractivity contribution < 1.29 is 4.42 Å². The molecule has 0 saturated carbocycles. The first-order chi connectivity index (χ1) is 11.9. The topological polar surface area (TPSA) is 41.1 Å². The van der Waals surface area contributed by atoms with Crippen LogP contribution in [0.25, 0.3) is 0 Å². The lowest BCUT2D eigenvalue weighted by atomic mass is 10.0. The molecule has 0 atom stereocenters. The SMILES string of the molecule is Cc1cc(C)c(N2c3ccc(C)cc3N=Nc3cc(C)oc32)c(C)c1. The van der Waals surface area contributed by atoms with E-state index in [0.717, 1.165) is 40.0 Å². The van der Waals surface area contributed by atoms with Crippen LogP contribution in [0, 0.1) is 34.6 Å². The first-order valence-corrected chi connectivity index (χ1v) is 8.45. The highest BCUT2D eigenvalue weighted by Gasteiger charge is 2.27. The van der Waals surface area contributed by atoms with Crippen molar-refractivity contribution >= 4 is 28.6 Å².